The number of unbranched alkanes of at least 4 members (excludes halogenated alkanes) is 1. The molecular formula is C29H36N3O3. The zero-order chi connectivity index (χ0) is 23.9. The van der Waals surface area contributed by atoms with E-state index >= 15 is 0 Å². The molecule has 1 aliphatic carbocycles. The molecular weight excluding hydrogens is 438 g/mol. The van der Waals surface area contributed by atoms with Crippen LogP contribution in [0.25, 0.3) is 22.5 Å². The summed E-state index contributed by atoms with van der Waals surface area (Å²) in [6.45, 7) is 1.81. The summed E-state index contributed by atoms with van der Waals surface area (Å²) in [6.07, 6.45) is 12.5. The van der Waals surface area contributed by atoms with Crippen LogP contribution in [0.2, 0.25) is 0 Å². The maximum absolute atomic E-state index is 11.4. The Hall–Kier alpha value is -2.70. The van der Waals surface area contributed by atoms with Crippen molar-refractivity contribution in [3.05, 3.63) is 70.7 Å². The van der Waals surface area contributed by atoms with Gasteiger partial charge in [-0.15, -0.1) is 0 Å². The number of H-pyrrole nitrogens is 1. The molecule has 1 aliphatic heterocycles. The molecule has 1 atom stereocenters. The van der Waals surface area contributed by atoms with Crippen molar-refractivity contribution in [3.63, 3.8) is 0 Å². The first-order valence-electron chi connectivity index (χ1n) is 13.2. The van der Waals surface area contributed by atoms with Crippen LogP contribution in [0.15, 0.2) is 57.8 Å². The van der Waals surface area contributed by atoms with Crippen molar-refractivity contribution >= 4 is 0 Å². The van der Waals surface area contributed by atoms with E-state index in [4.69, 9.17) is 9.26 Å². The second kappa shape index (κ2) is 11.8. The summed E-state index contributed by atoms with van der Waals surface area (Å²) < 4.78 is 10.2. The summed E-state index contributed by atoms with van der Waals surface area (Å²) in [5.41, 5.74) is 4.37. The number of aromatic nitrogens is 2. The summed E-state index contributed by atoms with van der Waals surface area (Å²) >= 11 is 0. The number of aryl methyl sites for hydroxylation is 1. The van der Waals surface area contributed by atoms with Crippen molar-refractivity contribution in [2.75, 3.05) is 13.2 Å². The minimum absolute atomic E-state index is 0.459. The number of nitrogens with zero attached hydrogens (tertiary/aromatic N) is 1. The Balaban J connectivity index is 1.09. The van der Waals surface area contributed by atoms with Crippen LogP contribution >= 0.6 is 0 Å². The summed E-state index contributed by atoms with van der Waals surface area (Å²) in [7, 11) is 0. The van der Waals surface area contributed by atoms with E-state index in [1.807, 2.05) is 24.3 Å². The Morgan fingerprint density at radius 2 is 1.77 bits per heavy atom. The molecule has 2 aliphatic rings. The van der Waals surface area contributed by atoms with Gasteiger partial charge in [0.2, 0.25) is 0 Å². The fourth-order valence-corrected chi connectivity index (χ4v) is 5.57. The van der Waals surface area contributed by atoms with Gasteiger partial charge in [-0.2, -0.15) is 0 Å². The Morgan fingerprint density at radius 3 is 2.54 bits per heavy atom. The molecule has 2 fully saturated rings. The molecule has 1 saturated heterocycles. The molecule has 3 aromatic rings. The van der Waals surface area contributed by atoms with Crippen molar-refractivity contribution in [3.8, 4) is 22.5 Å². The molecule has 5 rings (SSSR count). The van der Waals surface area contributed by atoms with Crippen molar-refractivity contribution < 1.29 is 9.26 Å². The largest absolute Gasteiger partial charge is 0.439 e. The third-order valence-corrected chi connectivity index (χ3v) is 7.47. The molecule has 0 spiro atoms. The third-order valence-electron chi connectivity index (χ3n) is 7.47. The van der Waals surface area contributed by atoms with Gasteiger partial charge in [-0.1, -0.05) is 79.4 Å². The molecule has 2 N–H and O–H groups in total. The Bertz CT molecular complexity index is 1110. The van der Waals surface area contributed by atoms with Gasteiger partial charge in [0.15, 0.2) is 5.82 Å². The molecule has 1 saturated carbocycles. The van der Waals surface area contributed by atoms with Crippen LogP contribution in [-0.4, -0.2) is 29.4 Å². The highest BCUT2D eigenvalue weighted by Gasteiger charge is 2.25. The SMILES string of the molecule is O=c1[nH]c(-c2ccccc2-c2ccc(CCCCC3CCC[C](NC4CCOCC4)C3)cc2)no1. The Morgan fingerprint density at radius 1 is 0.971 bits per heavy atom. The molecule has 0 bridgehead atoms. The Labute approximate surface area is 207 Å². The van der Waals surface area contributed by atoms with Gasteiger partial charge in [0.1, 0.15) is 0 Å². The Kier molecular flexibility index (Phi) is 8.11. The van der Waals surface area contributed by atoms with Gasteiger partial charge in [-0.25, -0.2) is 4.79 Å². The topological polar surface area (TPSA) is 80.2 Å². The predicted octanol–water partition coefficient (Wildman–Crippen LogP) is 5.90. The van der Waals surface area contributed by atoms with Crippen LogP contribution in [0.1, 0.15) is 63.4 Å². The van der Waals surface area contributed by atoms with Crippen molar-refractivity contribution in [2.45, 2.75) is 70.3 Å². The number of aromatic amines is 1. The highest BCUT2D eigenvalue weighted by Crippen LogP contribution is 2.33. The first-order chi connectivity index (χ1) is 17.2. The van der Waals surface area contributed by atoms with Crippen LogP contribution < -0.4 is 11.1 Å². The first kappa shape index (κ1) is 24.0. The van der Waals surface area contributed by atoms with Crippen LogP contribution in [0, 0.1) is 12.0 Å². The maximum Gasteiger partial charge on any atom is 0.439 e. The van der Waals surface area contributed by atoms with Crippen LogP contribution in [0.5, 0.6) is 0 Å². The van der Waals surface area contributed by atoms with E-state index < -0.39 is 5.76 Å². The molecule has 185 valence electrons. The lowest BCUT2D eigenvalue weighted by Gasteiger charge is -2.33. The summed E-state index contributed by atoms with van der Waals surface area (Å²) in [5.74, 6) is 0.761. The molecule has 1 radical (unpaired) electrons. The number of hydrogen-bond donors (Lipinski definition) is 2. The number of rotatable bonds is 9. The second-order valence-corrected chi connectivity index (χ2v) is 10.0. The number of hydrogen-bond acceptors (Lipinski definition) is 5. The molecule has 1 unspecified atom stereocenters. The van der Waals surface area contributed by atoms with Gasteiger partial charge in [-0.05, 0) is 61.1 Å². The van der Waals surface area contributed by atoms with E-state index in [-0.39, 0.29) is 0 Å². The summed E-state index contributed by atoms with van der Waals surface area (Å²) in [6, 6.07) is 18.9. The first-order valence-corrected chi connectivity index (χ1v) is 13.2. The van der Waals surface area contributed by atoms with Gasteiger partial charge in [0, 0.05) is 30.9 Å². The fraction of sp³-hybridized carbons (Fsp3) is 0.483. The minimum atomic E-state index is -0.539. The fourth-order valence-electron chi connectivity index (χ4n) is 5.57. The van der Waals surface area contributed by atoms with Gasteiger partial charge in [-0.3, -0.25) is 9.51 Å². The van der Waals surface area contributed by atoms with Gasteiger partial charge >= 0.3 is 5.76 Å². The zero-order valence-corrected chi connectivity index (χ0v) is 20.4. The normalized spacial score (nSPS) is 19.7. The van der Waals surface area contributed by atoms with E-state index in [9.17, 15) is 4.79 Å². The number of benzene rings is 2. The van der Waals surface area contributed by atoms with E-state index in [2.05, 4.69) is 39.7 Å². The standard InChI is InChI=1S/C29H36N3O3/c33-29-31-28(32-35-29)27-11-4-3-10-26(27)23-14-12-21(13-15-23)6-1-2-7-22-8-5-9-25(20-22)30-24-16-18-34-19-17-24/h3-4,10-15,22,24,30H,1-2,5-9,16-20H2,(H,31,32,33). The lowest BCUT2D eigenvalue weighted by Crippen LogP contribution is -2.39. The van der Waals surface area contributed by atoms with Crippen molar-refractivity contribution in [2.24, 2.45) is 5.92 Å². The number of nitrogens with one attached hydrogen (secondary N) is 2. The predicted molar refractivity (Wildman–Crippen MR) is 138 cm³/mol. The molecule has 6 nitrogen and oxygen atoms in total. The van der Waals surface area contributed by atoms with Gasteiger partial charge < -0.3 is 10.1 Å². The quantitative estimate of drug-likeness (QED) is 0.377. The molecule has 35 heavy (non-hydrogen) atoms. The molecule has 2 heterocycles. The van der Waals surface area contributed by atoms with E-state index in [1.165, 1.54) is 50.5 Å². The monoisotopic (exact) mass is 474 g/mol. The zero-order valence-electron chi connectivity index (χ0n) is 20.4. The lowest BCUT2D eigenvalue weighted by atomic mass is 9.82. The van der Waals surface area contributed by atoms with E-state index in [0.717, 1.165) is 55.1 Å². The van der Waals surface area contributed by atoms with E-state index in [1.54, 1.807) is 6.04 Å². The van der Waals surface area contributed by atoms with Gasteiger partial charge in [0.05, 0.1) is 0 Å². The maximum atomic E-state index is 11.4. The van der Waals surface area contributed by atoms with Crippen LogP contribution in [-0.2, 0) is 11.2 Å². The average molecular weight is 475 g/mol. The van der Waals surface area contributed by atoms with Crippen LogP contribution in [0.4, 0.5) is 0 Å². The highest BCUT2D eigenvalue weighted by atomic mass is 16.5. The number of ether oxygens (including phenoxy) is 1. The summed E-state index contributed by atoms with van der Waals surface area (Å²) in [5, 5.41) is 7.71. The molecule has 1 aromatic heterocycles. The molecule has 2 aromatic carbocycles. The lowest BCUT2D eigenvalue weighted by molar-refractivity contribution is 0.0768. The van der Waals surface area contributed by atoms with Gasteiger partial charge in [0.25, 0.3) is 0 Å². The van der Waals surface area contributed by atoms with Crippen molar-refractivity contribution in [1.29, 1.82) is 0 Å². The second-order valence-electron chi connectivity index (χ2n) is 10.0. The van der Waals surface area contributed by atoms with Crippen LogP contribution in [0.3, 0.4) is 0 Å². The minimum Gasteiger partial charge on any atom is -0.381 e. The highest BCUT2D eigenvalue weighted by molar-refractivity contribution is 5.80. The average Bonchev–Trinajstić information content (AvgIpc) is 3.34. The summed E-state index contributed by atoms with van der Waals surface area (Å²) in [4.78, 5) is 14.0. The smallest absolute Gasteiger partial charge is 0.381 e. The molecule has 6 heteroatoms. The third kappa shape index (κ3) is 6.50. The van der Waals surface area contributed by atoms with Crippen molar-refractivity contribution in [1.82, 2.24) is 15.5 Å². The van der Waals surface area contributed by atoms with E-state index in [0.29, 0.717) is 11.9 Å². The molecule has 0 amide bonds.